The third kappa shape index (κ3) is 6.59. The Bertz CT molecular complexity index is 216. The maximum Gasteiger partial charge on any atom is 0.500 e. The quantitative estimate of drug-likeness (QED) is 0.216. The first-order valence-corrected chi connectivity index (χ1v) is 7.46. The summed E-state index contributed by atoms with van der Waals surface area (Å²) in [7, 11) is 2.33. The first kappa shape index (κ1) is 16.3. The van der Waals surface area contributed by atoms with E-state index >= 15 is 0 Å². The number of nitrogens with zero attached hydrogens (tertiary/aromatic N) is 1. The topological polar surface area (TPSA) is 104 Å². The van der Waals surface area contributed by atoms with E-state index in [1.807, 2.05) is 0 Å². The van der Waals surface area contributed by atoms with E-state index in [1.165, 1.54) is 0 Å². The fraction of sp³-hybridized carbons (Fsp3) is 0.889. The molecule has 17 heavy (non-hydrogen) atoms. The van der Waals surface area contributed by atoms with Crippen LogP contribution >= 0.6 is 0 Å². The second kappa shape index (κ2) is 9.37. The molecule has 0 aliphatic carbocycles. The van der Waals surface area contributed by atoms with Gasteiger partial charge in [0.2, 0.25) is 0 Å². The van der Waals surface area contributed by atoms with Gasteiger partial charge in [-0.3, -0.25) is 4.99 Å². The maximum atomic E-state index is 5.61. The average Bonchev–Trinajstić information content (AvgIpc) is 2.37. The van der Waals surface area contributed by atoms with Crippen molar-refractivity contribution in [1.29, 1.82) is 0 Å². The normalized spacial score (nSPS) is 12.8. The molecule has 0 aromatic heterocycles. The van der Waals surface area contributed by atoms with Crippen molar-refractivity contribution in [2.45, 2.75) is 12.5 Å². The van der Waals surface area contributed by atoms with E-state index < -0.39 is 8.80 Å². The predicted octanol–water partition coefficient (Wildman–Crippen LogP) is -0.882. The third-order valence-corrected chi connectivity index (χ3v) is 5.14. The molecule has 0 bridgehead atoms. The number of rotatable bonds is 9. The minimum Gasteiger partial charge on any atom is -0.377 e. The second-order valence-electron chi connectivity index (χ2n) is 3.38. The molecular weight excluding hydrogens is 240 g/mol. The van der Waals surface area contributed by atoms with Gasteiger partial charge in [-0.2, -0.15) is 0 Å². The number of aliphatic imine (C=N–C) groups is 1. The molecule has 5 N–H and O–H groups in total. The molecule has 0 atom stereocenters. The summed E-state index contributed by atoms with van der Waals surface area (Å²) >= 11 is 0. The maximum absolute atomic E-state index is 5.61. The van der Waals surface area contributed by atoms with E-state index in [1.54, 1.807) is 21.3 Å². The van der Waals surface area contributed by atoms with E-state index in [-0.39, 0.29) is 0 Å². The lowest BCUT2D eigenvalue weighted by Crippen LogP contribution is -2.42. The molecule has 8 heteroatoms. The van der Waals surface area contributed by atoms with Crippen molar-refractivity contribution >= 4 is 14.8 Å². The van der Waals surface area contributed by atoms with E-state index in [0.29, 0.717) is 31.6 Å². The lowest BCUT2D eigenvalue weighted by atomic mass is 10.5. The van der Waals surface area contributed by atoms with Crippen LogP contribution in [0.25, 0.3) is 0 Å². The molecule has 0 unspecified atom stereocenters. The Labute approximate surface area is 104 Å². The molecule has 0 spiro atoms. The number of hydrogen-bond acceptors (Lipinski definition) is 5. The Balaban J connectivity index is 3.89. The van der Waals surface area contributed by atoms with Crippen molar-refractivity contribution in [3.05, 3.63) is 0 Å². The smallest absolute Gasteiger partial charge is 0.377 e. The largest absolute Gasteiger partial charge is 0.500 e. The molecule has 0 fully saturated rings. The van der Waals surface area contributed by atoms with Crippen molar-refractivity contribution in [3.8, 4) is 0 Å². The van der Waals surface area contributed by atoms with Gasteiger partial charge in [-0.25, -0.2) is 0 Å². The third-order valence-electron chi connectivity index (χ3n) is 2.31. The van der Waals surface area contributed by atoms with Gasteiger partial charge in [-0.05, 0) is 6.42 Å². The molecule has 0 aromatic rings. The van der Waals surface area contributed by atoms with Crippen LogP contribution in [-0.2, 0) is 13.3 Å². The van der Waals surface area contributed by atoms with Crippen LogP contribution in [-0.4, -0.2) is 55.7 Å². The summed E-state index contributed by atoms with van der Waals surface area (Å²) in [6.07, 6.45) is 0.798. The molecule has 0 rings (SSSR count). The zero-order valence-electron chi connectivity index (χ0n) is 10.9. The summed E-state index contributed by atoms with van der Waals surface area (Å²) in [6, 6.07) is 0.712. The SMILES string of the molecule is CO[Si](CCCN=C(N)NCCN)(OC)OC. The zero-order valence-corrected chi connectivity index (χ0v) is 11.9. The molecule has 102 valence electrons. The van der Waals surface area contributed by atoms with Gasteiger partial charge < -0.3 is 30.1 Å². The summed E-state index contributed by atoms with van der Waals surface area (Å²) in [5.74, 6) is 0.412. The molecule has 0 radical (unpaired) electrons. The summed E-state index contributed by atoms with van der Waals surface area (Å²) in [5.41, 5.74) is 10.9. The van der Waals surface area contributed by atoms with E-state index in [9.17, 15) is 0 Å². The van der Waals surface area contributed by atoms with Crippen molar-refractivity contribution in [1.82, 2.24) is 5.32 Å². The van der Waals surface area contributed by atoms with E-state index in [4.69, 9.17) is 24.7 Å². The van der Waals surface area contributed by atoms with Crippen molar-refractivity contribution in [2.75, 3.05) is 41.0 Å². The molecular formula is C9H24N4O3Si. The Morgan fingerprint density at radius 3 is 2.29 bits per heavy atom. The molecule has 0 saturated carbocycles. The van der Waals surface area contributed by atoms with Gasteiger partial charge in [0.25, 0.3) is 0 Å². The van der Waals surface area contributed by atoms with Crippen LogP contribution in [0.3, 0.4) is 0 Å². The van der Waals surface area contributed by atoms with Crippen LogP contribution in [0.4, 0.5) is 0 Å². The minimum absolute atomic E-state index is 0.412. The fourth-order valence-corrected chi connectivity index (χ4v) is 3.01. The molecule has 7 nitrogen and oxygen atoms in total. The monoisotopic (exact) mass is 264 g/mol. The zero-order chi connectivity index (χ0) is 13.1. The first-order valence-electron chi connectivity index (χ1n) is 5.53. The highest BCUT2D eigenvalue weighted by molar-refractivity contribution is 6.60. The molecule has 0 aromatic carbocycles. The Morgan fingerprint density at radius 1 is 1.24 bits per heavy atom. The van der Waals surface area contributed by atoms with Crippen LogP contribution in [0, 0.1) is 0 Å². The van der Waals surface area contributed by atoms with Gasteiger partial charge >= 0.3 is 8.80 Å². The molecule has 0 heterocycles. The minimum atomic E-state index is -2.47. The summed E-state index contributed by atoms with van der Waals surface area (Å²) < 4.78 is 15.9. The highest BCUT2D eigenvalue weighted by Crippen LogP contribution is 2.14. The highest BCUT2D eigenvalue weighted by Gasteiger charge is 2.36. The number of nitrogens with one attached hydrogen (secondary N) is 1. The van der Waals surface area contributed by atoms with Crippen LogP contribution in [0.2, 0.25) is 6.04 Å². The van der Waals surface area contributed by atoms with Crippen LogP contribution in [0.15, 0.2) is 4.99 Å². The van der Waals surface area contributed by atoms with Crippen LogP contribution in [0.5, 0.6) is 0 Å². The second-order valence-corrected chi connectivity index (χ2v) is 6.47. The Hall–Kier alpha value is -0.673. The van der Waals surface area contributed by atoms with Crippen LogP contribution < -0.4 is 16.8 Å². The number of guanidine groups is 1. The molecule has 0 saturated heterocycles. The Kier molecular flexibility index (Phi) is 9.00. The standard InChI is InChI=1S/C9H24N4O3Si/c1-14-17(15-2,16-3)8-4-6-12-9(11)13-7-5-10/h4-8,10H2,1-3H3,(H3,11,12,13). The molecule has 0 amide bonds. The van der Waals surface area contributed by atoms with Gasteiger partial charge in [0.15, 0.2) is 5.96 Å². The van der Waals surface area contributed by atoms with Gasteiger partial charge in [0, 0.05) is 47.0 Å². The van der Waals surface area contributed by atoms with Crippen molar-refractivity contribution in [2.24, 2.45) is 16.5 Å². The van der Waals surface area contributed by atoms with Gasteiger partial charge in [-0.1, -0.05) is 0 Å². The van der Waals surface area contributed by atoms with Crippen LogP contribution in [0.1, 0.15) is 6.42 Å². The average molecular weight is 264 g/mol. The first-order chi connectivity index (χ1) is 8.14. The lowest BCUT2D eigenvalue weighted by molar-refractivity contribution is 0.123. The number of nitrogens with two attached hydrogens (primary N) is 2. The summed E-state index contributed by atoms with van der Waals surface area (Å²) in [6.45, 7) is 1.76. The van der Waals surface area contributed by atoms with Crippen molar-refractivity contribution in [3.63, 3.8) is 0 Å². The number of hydrogen-bond donors (Lipinski definition) is 3. The van der Waals surface area contributed by atoms with Gasteiger partial charge in [0.1, 0.15) is 0 Å². The lowest BCUT2D eigenvalue weighted by Gasteiger charge is -2.23. The molecule has 0 aliphatic rings. The van der Waals surface area contributed by atoms with Crippen molar-refractivity contribution < 1.29 is 13.3 Å². The highest BCUT2D eigenvalue weighted by atomic mass is 28.4. The van der Waals surface area contributed by atoms with Gasteiger partial charge in [0.05, 0.1) is 0 Å². The summed E-state index contributed by atoms with van der Waals surface area (Å²) in [4.78, 5) is 4.15. The van der Waals surface area contributed by atoms with E-state index in [2.05, 4.69) is 10.3 Å². The van der Waals surface area contributed by atoms with Gasteiger partial charge in [-0.15, -0.1) is 0 Å². The fourth-order valence-electron chi connectivity index (χ4n) is 1.31. The summed E-state index contributed by atoms with van der Waals surface area (Å²) in [5, 5.41) is 2.89. The predicted molar refractivity (Wildman–Crippen MR) is 69.8 cm³/mol. The Morgan fingerprint density at radius 2 is 1.82 bits per heavy atom. The van der Waals surface area contributed by atoms with E-state index in [0.717, 1.165) is 6.42 Å². The molecule has 0 aliphatic heterocycles.